The standard InChI is InChI=1S/C27H31N3O5S/c1-19(2)26(28-36(32,33)25-9-5-7-21-6-3-4-8-22(21)25)27(31)30-14-12-29(13-15-30)17-20-10-11-23-24(16-20)35-18-34-23/h3-11,16,19,26,28H,12-15,17-18H2,1-2H3. The van der Waals surface area contributed by atoms with Crippen LogP contribution < -0.4 is 14.2 Å². The molecule has 1 fully saturated rings. The van der Waals surface area contributed by atoms with E-state index in [1.54, 1.807) is 23.1 Å². The molecule has 1 N–H and O–H groups in total. The predicted molar refractivity (Wildman–Crippen MR) is 137 cm³/mol. The van der Waals surface area contributed by atoms with Gasteiger partial charge in [-0.25, -0.2) is 8.42 Å². The first kappa shape index (κ1) is 24.5. The summed E-state index contributed by atoms with van der Waals surface area (Å²) in [6, 6.07) is 17.7. The molecule has 1 saturated heterocycles. The maximum atomic E-state index is 13.5. The zero-order valence-electron chi connectivity index (χ0n) is 20.5. The summed E-state index contributed by atoms with van der Waals surface area (Å²) in [5.74, 6) is 1.14. The minimum atomic E-state index is -3.90. The molecule has 0 aromatic heterocycles. The van der Waals surface area contributed by atoms with E-state index in [0.29, 0.717) is 31.6 Å². The lowest BCUT2D eigenvalue weighted by atomic mass is 10.0. The molecule has 1 atom stereocenters. The quantitative estimate of drug-likeness (QED) is 0.526. The van der Waals surface area contributed by atoms with Gasteiger partial charge in [0.1, 0.15) is 6.04 Å². The van der Waals surface area contributed by atoms with Crippen LogP contribution >= 0.6 is 0 Å². The average molecular weight is 510 g/mol. The molecular formula is C27H31N3O5S. The Labute approximate surface area is 211 Å². The maximum Gasteiger partial charge on any atom is 0.241 e. The number of benzene rings is 3. The number of sulfonamides is 1. The van der Waals surface area contributed by atoms with Crippen LogP contribution in [0.2, 0.25) is 0 Å². The van der Waals surface area contributed by atoms with Gasteiger partial charge in [-0.3, -0.25) is 9.69 Å². The van der Waals surface area contributed by atoms with Crippen molar-refractivity contribution < 1.29 is 22.7 Å². The molecule has 3 aromatic rings. The highest BCUT2D eigenvalue weighted by Crippen LogP contribution is 2.33. The normalized spacial score (nSPS) is 17.0. The summed E-state index contributed by atoms with van der Waals surface area (Å²) in [7, 11) is -3.90. The number of carbonyl (C=O) groups excluding carboxylic acids is 1. The van der Waals surface area contributed by atoms with Gasteiger partial charge in [0.2, 0.25) is 22.7 Å². The number of rotatable bonds is 7. The molecule has 0 radical (unpaired) electrons. The van der Waals surface area contributed by atoms with E-state index >= 15 is 0 Å². The molecule has 0 bridgehead atoms. The molecule has 36 heavy (non-hydrogen) atoms. The molecular weight excluding hydrogens is 478 g/mol. The topological polar surface area (TPSA) is 88.2 Å². The Morgan fingerprint density at radius 1 is 0.944 bits per heavy atom. The van der Waals surface area contributed by atoms with Crippen molar-refractivity contribution in [3.8, 4) is 11.5 Å². The lowest BCUT2D eigenvalue weighted by molar-refractivity contribution is -0.135. The van der Waals surface area contributed by atoms with Crippen LogP contribution in [0.1, 0.15) is 19.4 Å². The van der Waals surface area contributed by atoms with E-state index in [0.717, 1.165) is 29.0 Å². The van der Waals surface area contributed by atoms with Gasteiger partial charge < -0.3 is 14.4 Å². The monoisotopic (exact) mass is 509 g/mol. The third-order valence-corrected chi connectivity index (χ3v) is 8.28. The summed E-state index contributed by atoms with van der Waals surface area (Å²) < 4.78 is 40.3. The van der Waals surface area contributed by atoms with E-state index in [-0.39, 0.29) is 23.5 Å². The Hall–Kier alpha value is -3.14. The molecule has 3 aromatic carbocycles. The third-order valence-electron chi connectivity index (χ3n) is 6.78. The number of carbonyl (C=O) groups is 1. The Morgan fingerprint density at radius 2 is 1.67 bits per heavy atom. The van der Waals surface area contributed by atoms with Gasteiger partial charge in [-0.1, -0.05) is 56.3 Å². The van der Waals surface area contributed by atoms with Crippen LogP contribution in [0.3, 0.4) is 0 Å². The highest BCUT2D eigenvalue weighted by Gasteiger charge is 2.33. The first-order chi connectivity index (χ1) is 17.3. The van der Waals surface area contributed by atoms with Gasteiger partial charge in [0.05, 0.1) is 4.90 Å². The molecule has 0 saturated carbocycles. The minimum absolute atomic E-state index is 0.184. The van der Waals surface area contributed by atoms with Crippen molar-refractivity contribution in [3.63, 3.8) is 0 Å². The molecule has 2 aliphatic rings. The zero-order chi connectivity index (χ0) is 25.3. The number of fused-ring (bicyclic) bond motifs is 2. The molecule has 0 spiro atoms. The fraction of sp³-hybridized carbons (Fsp3) is 0.370. The van der Waals surface area contributed by atoms with Gasteiger partial charge in [-0.2, -0.15) is 4.72 Å². The molecule has 9 heteroatoms. The first-order valence-corrected chi connectivity index (χ1v) is 13.7. The summed E-state index contributed by atoms with van der Waals surface area (Å²) in [6.45, 7) is 7.24. The Morgan fingerprint density at radius 3 is 2.44 bits per heavy atom. The number of hydrogen-bond donors (Lipinski definition) is 1. The van der Waals surface area contributed by atoms with E-state index in [1.165, 1.54) is 0 Å². The number of ether oxygens (including phenoxy) is 2. The Bertz CT molecular complexity index is 1360. The Balaban J connectivity index is 1.24. The van der Waals surface area contributed by atoms with Crippen molar-refractivity contribution in [2.75, 3.05) is 33.0 Å². The average Bonchev–Trinajstić information content (AvgIpc) is 3.35. The Kier molecular flexibility index (Phi) is 6.87. The van der Waals surface area contributed by atoms with Crippen LogP contribution in [0.4, 0.5) is 0 Å². The SMILES string of the molecule is CC(C)C(NS(=O)(=O)c1cccc2ccccc12)C(=O)N1CCN(Cc2ccc3c(c2)OCO3)CC1. The van der Waals surface area contributed by atoms with E-state index in [9.17, 15) is 13.2 Å². The van der Waals surface area contributed by atoms with Crippen LogP contribution in [0.15, 0.2) is 65.6 Å². The van der Waals surface area contributed by atoms with E-state index < -0.39 is 16.1 Å². The number of hydrogen-bond acceptors (Lipinski definition) is 6. The van der Waals surface area contributed by atoms with Gasteiger partial charge in [0.15, 0.2) is 11.5 Å². The summed E-state index contributed by atoms with van der Waals surface area (Å²) in [5.41, 5.74) is 1.13. The second-order valence-corrected chi connectivity index (χ2v) is 11.3. The summed E-state index contributed by atoms with van der Waals surface area (Å²) in [6.07, 6.45) is 0. The van der Waals surface area contributed by atoms with E-state index in [1.807, 2.05) is 56.3 Å². The van der Waals surface area contributed by atoms with E-state index in [2.05, 4.69) is 9.62 Å². The summed E-state index contributed by atoms with van der Waals surface area (Å²) >= 11 is 0. The maximum absolute atomic E-state index is 13.5. The van der Waals surface area contributed by atoms with Crippen LogP contribution in [-0.4, -0.2) is 63.1 Å². The van der Waals surface area contributed by atoms with Crippen LogP contribution in [0.5, 0.6) is 11.5 Å². The van der Waals surface area contributed by atoms with Crippen LogP contribution in [-0.2, 0) is 21.4 Å². The van der Waals surface area contributed by atoms with Crippen molar-refractivity contribution in [1.82, 2.24) is 14.5 Å². The van der Waals surface area contributed by atoms with Gasteiger partial charge >= 0.3 is 0 Å². The van der Waals surface area contributed by atoms with Crippen LogP contribution in [0.25, 0.3) is 10.8 Å². The van der Waals surface area contributed by atoms with E-state index in [4.69, 9.17) is 9.47 Å². The molecule has 8 nitrogen and oxygen atoms in total. The van der Waals surface area contributed by atoms with Crippen molar-refractivity contribution in [2.45, 2.75) is 31.3 Å². The molecule has 1 amide bonds. The summed E-state index contributed by atoms with van der Waals surface area (Å²) in [4.78, 5) is 17.7. The zero-order valence-corrected chi connectivity index (χ0v) is 21.3. The molecule has 1 unspecified atom stereocenters. The van der Waals surface area contributed by atoms with Crippen LogP contribution in [0, 0.1) is 5.92 Å². The van der Waals surface area contributed by atoms with Crippen molar-refractivity contribution >= 4 is 26.7 Å². The fourth-order valence-electron chi connectivity index (χ4n) is 4.75. The van der Waals surface area contributed by atoms with Gasteiger partial charge in [0, 0.05) is 38.1 Å². The highest BCUT2D eigenvalue weighted by atomic mass is 32.2. The highest BCUT2D eigenvalue weighted by molar-refractivity contribution is 7.89. The molecule has 5 rings (SSSR count). The van der Waals surface area contributed by atoms with Gasteiger partial charge in [0.25, 0.3) is 0 Å². The number of amides is 1. The van der Waals surface area contributed by atoms with Gasteiger partial charge in [-0.15, -0.1) is 0 Å². The third kappa shape index (κ3) is 5.04. The second-order valence-electron chi connectivity index (χ2n) is 9.61. The van der Waals surface area contributed by atoms with Crippen molar-refractivity contribution in [2.24, 2.45) is 5.92 Å². The van der Waals surface area contributed by atoms with Crippen molar-refractivity contribution in [1.29, 1.82) is 0 Å². The fourth-order valence-corrected chi connectivity index (χ4v) is 6.32. The molecule has 190 valence electrons. The molecule has 0 aliphatic carbocycles. The minimum Gasteiger partial charge on any atom is -0.454 e. The molecule has 2 aliphatic heterocycles. The molecule has 2 heterocycles. The predicted octanol–water partition coefficient (Wildman–Crippen LogP) is 3.22. The lowest BCUT2D eigenvalue weighted by Crippen LogP contribution is -2.56. The second kappa shape index (κ2) is 10.1. The lowest BCUT2D eigenvalue weighted by Gasteiger charge is -2.37. The number of piperazine rings is 1. The largest absolute Gasteiger partial charge is 0.454 e. The number of nitrogens with zero attached hydrogens (tertiary/aromatic N) is 2. The first-order valence-electron chi connectivity index (χ1n) is 12.2. The summed E-state index contributed by atoms with van der Waals surface area (Å²) in [5, 5.41) is 1.48. The van der Waals surface area contributed by atoms with Gasteiger partial charge in [-0.05, 0) is 35.1 Å². The van der Waals surface area contributed by atoms with Crippen molar-refractivity contribution in [3.05, 3.63) is 66.2 Å². The smallest absolute Gasteiger partial charge is 0.241 e. The number of nitrogens with one attached hydrogen (secondary N) is 1.